The topological polar surface area (TPSA) is 75.7 Å². The van der Waals surface area contributed by atoms with E-state index < -0.39 is 27.8 Å². The molecule has 0 fully saturated rings. The highest BCUT2D eigenvalue weighted by molar-refractivity contribution is 7.92. The fraction of sp³-hybridized carbons (Fsp3) is 0.316. The molecule has 8 heteroatoms. The van der Waals surface area contributed by atoms with Crippen LogP contribution in [0.1, 0.15) is 18.9 Å². The standard InChI is InChI=1S/C19H23FN2O4S/c1-5-16(19(23)21-15-12-13(2)10-11-18(15)26-3)22(27(4,24)25)17-9-7-6-8-14(17)20/h6-12,16H,5H2,1-4H3,(H,21,23)/t16-/m0/s1. The Morgan fingerprint density at radius 1 is 1.26 bits per heavy atom. The average Bonchev–Trinajstić information content (AvgIpc) is 2.59. The van der Waals surface area contributed by atoms with E-state index in [4.69, 9.17) is 4.74 Å². The molecule has 27 heavy (non-hydrogen) atoms. The maximum absolute atomic E-state index is 14.3. The molecule has 146 valence electrons. The number of rotatable bonds is 7. The van der Waals surface area contributed by atoms with Gasteiger partial charge in [0.25, 0.3) is 0 Å². The summed E-state index contributed by atoms with van der Waals surface area (Å²) in [6, 6.07) is 9.59. The van der Waals surface area contributed by atoms with Crippen LogP contribution in [0.3, 0.4) is 0 Å². The molecule has 0 aliphatic rings. The largest absolute Gasteiger partial charge is 0.495 e. The quantitative estimate of drug-likeness (QED) is 0.782. The van der Waals surface area contributed by atoms with Crippen LogP contribution in [0.15, 0.2) is 42.5 Å². The van der Waals surface area contributed by atoms with Gasteiger partial charge in [0.15, 0.2) is 0 Å². The molecule has 0 heterocycles. The number of para-hydroxylation sites is 1. The highest BCUT2D eigenvalue weighted by Crippen LogP contribution is 2.28. The summed E-state index contributed by atoms with van der Waals surface area (Å²) in [5, 5.41) is 2.70. The van der Waals surface area contributed by atoms with Crippen LogP contribution in [-0.4, -0.2) is 33.7 Å². The number of benzene rings is 2. The van der Waals surface area contributed by atoms with Crippen LogP contribution in [0.25, 0.3) is 0 Å². The molecule has 0 aliphatic carbocycles. The molecule has 0 saturated heterocycles. The van der Waals surface area contributed by atoms with Gasteiger partial charge < -0.3 is 10.1 Å². The van der Waals surface area contributed by atoms with Gasteiger partial charge in [-0.15, -0.1) is 0 Å². The minimum atomic E-state index is -3.91. The zero-order valence-corrected chi connectivity index (χ0v) is 16.5. The van der Waals surface area contributed by atoms with Crippen LogP contribution in [0.4, 0.5) is 15.8 Å². The highest BCUT2D eigenvalue weighted by atomic mass is 32.2. The number of methoxy groups -OCH3 is 1. The Labute approximate surface area is 159 Å². The van der Waals surface area contributed by atoms with Gasteiger partial charge in [-0.1, -0.05) is 25.1 Å². The monoisotopic (exact) mass is 394 g/mol. The minimum Gasteiger partial charge on any atom is -0.495 e. The van der Waals surface area contributed by atoms with Crippen LogP contribution in [0.5, 0.6) is 5.75 Å². The van der Waals surface area contributed by atoms with E-state index in [1.165, 1.54) is 25.3 Å². The second-order valence-electron chi connectivity index (χ2n) is 6.13. The predicted molar refractivity (Wildman–Crippen MR) is 104 cm³/mol. The van der Waals surface area contributed by atoms with E-state index >= 15 is 0 Å². The molecule has 0 aromatic heterocycles. The number of carbonyl (C=O) groups is 1. The Kier molecular flexibility index (Phi) is 6.43. The van der Waals surface area contributed by atoms with Crippen LogP contribution in [-0.2, 0) is 14.8 Å². The first kappa shape index (κ1) is 20.7. The summed E-state index contributed by atoms with van der Waals surface area (Å²) < 4.78 is 45.1. The molecule has 0 radical (unpaired) electrons. The Bertz CT molecular complexity index is 931. The van der Waals surface area contributed by atoms with Crippen molar-refractivity contribution in [1.29, 1.82) is 0 Å². The van der Waals surface area contributed by atoms with Crippen LogP contribution in [0, 0.1) is 12.7 Å². The summed E-state index contributed by atoms with van der Waals surface area (Å²) in [5.74, 6) is -0.849. The predicted octanol–water partition coefficient (Wildman–Crippen LogP) is 3.33. The van der Waals surface area contributed by atoms with Crippen molar-refractivity contribution in [3.63, 3.8) is 0 Å². The van der Waals surface area contributed by atoms with Gasteiger partial charge >= 0.3 is 0 Å². The molecule has 1 amide bonds. The van der Waals surface area contributed by atoms with Crippen molar-refractivity contribution in [3.8, 4) is 5.75 Å². The van der Waals surface area contributed by atoms with Crippen molar-refractivity contribution in [2.75, 3.05) is 23.0 Å². The number of nitrogens with one attached hydrogen (secondary N) is 1. The van der Waals surface area contributed by atoms with E-state index in [-0.39, 0.29) is 12.1 Å². The number of nitrogens with zero attached hydrogens (tertiary/aromatic N) is 1. The number of hydrogen-bond donors (Lipinski definition) is 1. The van der Waals surface area contributed by atoms with E-state index in [1.54, 1.807) is 19.1 Å². The zero-order chi connectivity index (χ0) is 20.2. The molecule has 0 unspecified atom stereocenters. The Morgan fingerprint density at radius 2 is 1.93 bits per heavy atom. The van der Waals surface area contributed by atoms with Crippen molar-refractivity contribution in [3.05, 3.63) is 53.8 Å². The van der Waals surface area contributed by atoms with Crippen LogP contribution < -0.4 is 14.4 Å². The van der Waals surface area contributed by atoms with Gasteiger partial charge in [-0.2, -0.15) is 0 Å². The molecule has 1 N–H and O–H groups in total. The molecule has 2 rings (SSSR count). The molecular formula is C19H23FN2O4S. The molecule has 0 saturated carbocycles. The van der Waals surface area contributed by atoms with Gasteiger partial charge in [0.1, 0.15) is 17.6 Å². The third-order valence-corrected chi connectivity index (χ3v) is 5.20. The zero-order valence-electron chi connectivity index (χ0n) is 15.7. The summed E-state index contributed by atoms with van der Waals surface area (Å²) >= 11 is 0. The lowest BCUT2D eigenvalue weighted by atomic mass is 10.1. The van der Waals surface area contributed by atoms with Crippen molar-refractivity contribution in [2.45, 2.75) is 26.3 Å². The second-order valence-corrected chi connectivity index (χ2v) is 7.99. The van der Waals surface area contributed by atoms with Gasteiger partial charge in [-0.25, -0.2) is 12.8 Å². The lowest BCUT2D eigenvalue weighted by Crippen LogP contribution is -2.47. The van der Waals surface area contributed by atoms with Gasteiger partial charge in [0.2, 0.25) is 15.9 Å². The summed E-state index contributed by atoms with van der Waals surface area (Å²) in [6.45, 7) is 3.52. The normalized spacial score (nSPS) is 12.3. The van der Waals surface area contributed by atoms with Gasteiger partial charge in [-0.3, -0.25) is 9.10 Å². The van der Waals surface area contributed by atoms with Crippen LogP contribution in [0.2, 0.25) is 0 Å². The number of hydrogen-bond acceptors (Lipinski definition) is 4. The molecule has 6 nitrogen and oxygen atoms in total. The minimum absolute atomic E-state index is 0.154. The third-order valence-electron chi connectivity index (χ3n) is 4.03. The number of carbonyl (C=O) groups excluding carboxylic acids is 1. The van der Waals surface area contributed by atoms with Crippen molar-refractivity contribution in [1.82, 2.24) is 0 Å². The molecule has 2 aromatic rings. The first-order valence-electron chi connectivity index (χ1n) is 8.38. The summed E-state index contributed by atoms with van der Waals surface area (Å²) in [5.41, 5.74) is 1.15. The molecule has 0 spiro atoms. The second kappa shape index (κ2) is 8.39. The molecule has 2 aromatic carbocycles. The van der Waals surface area contributed by atoms with Crippen LogP contribution >= 0.6 is 0 Å². The van der Waals surface area contributed by atoms with Crippen molar-refractivity contribution >= 4 is 27.3 Å². The third kappa shape index (κ3) is 4.77. The maximum Gasteiger partial charge on any atom is 0.248 e. The number of amides is 1. The first-order chi connectivity index (χ1) is 12.7. The van der Waals surface area contributed by atoms with E-state index in [0.29, 0.717) is 11.4 Å². The number of aryl methyl sites for hydroxylation is 1. The first-order valence-corrected chi connectivity index (χ1v) is 10.2. The fourth-order valence-electron chi connectivity index (χ4n) is 2.80. The average molecular weight is 394 g/mol. The summed E-state index contributed by atoms with van der Waals surface area (Å²) in [6.07, 6.45) is 1.10. The maximum atomic E-state index is 14.3. The van der Waals surface area contributed by atoms with E-state index in [1.807, 2.05) is 13.0 Å². The fourth-order valence-corrected chi connectivity index (χ4v) is 4.01. The lowest BCUT2D eigenvalue weighted by Gasteiger charge is -2.30. The van der Waals surface area contributed by atoms with E-state index in [2.05, 4.69) is 5.32 Å². The Hall–Kier alpha value is -2.61. The van der Waals surface area contributed by atoms with Gasteiger partial charge in [0.05, 0.1) is 24.7 Å². The Morgan fingerprint density at radius 3 is 2.48 bits per heavy atom. The number of ether oxygens (including phenoxy) is 1. The highest BCUT2D eigenvalue weighted by Gasteiger charge is 2.33. The molecule has 1 atom stereocenters. The lowest BCUT2D eigenvalue weighted by molar-refractivity contribution is -0.117. The molecular weight excluding hydrogens is 371 g/mol. The SMILES string of the molecule is CC[C@@H](C(=O)Nc1cc(C)ccc1OC)N(c1ccccc1F)S(C)(=O)=O. The van der Waals surface area contributed by atoms with Crippen molar-refractivity contribution < 1.29 is 22.3 Å². The smallest absolute Gasteiger partial charge is 0.248 e. The number of sulfonamides is 1. The molecule has 0 aliphatic heterocycles. The summed E-state index contributed by atoms with van der Waals surface area (Å²) in [4.78, 5) is 12.9. The Balaban J connectivity index is 2.44. The van der Waals surface area contributed by atoms with Gasteiger partial charge in [0, 0.05) is 0 Å². The number of halogens is 1. The summed E-state index contributed by atoms with van der Waals surface area (Å²) in [7, 11) is -2.44. The number of anilines is 2. The van der Waals surface area contributed by atoms with Crippen molar-refractivity contribution in [2.24, 2.45) is 0 Å². The van der Waals surface area contributed by atoms with E-state index in [9.17, 15) is 17.6 Å². The molecule has 0 bridgehead atoms. The van der Waals surface area contributed by atoms with E-state index in [0.717, 1.165) is 22.2 Å². The van der Waals surface area contributed by atoms with Gasteiger partial charge in [-0.05, 0) is 43.2 Å².